The Morgan fingerprint density at radius 3 is 2.53 bits per heavy atom. The molecule has 0 saturated heterocycles. The van der Waals surface area contributed by atoms with Crippen LogP contribution in [-0.2, 0) is 13.0 Å². The van der Waals surface area contributed by atoms with Gasteiger partial charge in [-0.05, 0) is 17.5 Å². The van der Waals surface area contributed by atoms with Crippen LogP contribution in [0.15, 0.2) is 36.7 Å². The minimum absolute atomic E-state index is 0.397. The molecule has 2 aromatic rings. The van der Waals surface area contributed by atoms with Crippen LogP contribution in [0, 0.1) is 5.82 Å². The fourth-order valence-corrected chi connectivity index (χ4v) is 2.14. The number of rotatable bonds is 1. The van der Waals surface area contributed by atoms with Crippen molar-refractivity contribution in [1.82, 2.24) is 9.97 Å². The molecule has 0 N–H and O–H groups in total. The first-order chi connectivity index (χ1) is 8.33. The van der Waals surface area contributed by atoms with E-state index in [1.807, 2.05) is 6.07 Å². The van der Waals surface area contributed by atoms with Gasteiger partial charge in [0.1, 0.15) is 0 Å². The smallest absolute Gasteiger partial charge is 0.225 e. The first kappa shape index (κ1) is 10.2. The Morgan fingerprint density at radius 2 is 1.76 bits per heavy atom. The standard InChI is InChI=1S/C13H12FN3/c14-12-7-15-13(16-8-12)17-6-5-10-3-1-2-4-11(10)9-17/h1-4,7-8H,5-6,9H2. The molecule has 3 nitrogen and oxygen atoms in total. The SMILES string of the molecule is Fc1cnc(N2CCc3ccccc3C2)nc1. The third kappa shape index (κ3) is 1.98. The summed E-state index contributed by atoms with van der Waals surface area (Å²) in [5, 5.41) is 0. The number of fused-ring (bicyclic) bond motifs is 1. The molecule has 17 heavy (non-hydrogen) atoms. The highest BCUT2D eigenvalue weighted by molar-refractivity contribution is 5.39. The molecule has 0 bridgehead atoms. The molecule has 2 heterocycles. The molecule has 4 heteroatoms. The van der Waals surface area contributed by atoms with E-state index in [0.717, 1.165) is 19.5 Å². The summed E-state index contributed by atoms with van der Waals surface area (Å²) in [6, 6.07) is 8.36. The van der Waals surface area contributed by atoms with E-state index in [1.54, 1.807) is 0 Å². The van der Waals surface area contributed by atoms with Gasteiger partial charge in [-0.15, -0.1) is 0 Å². The second-order valence-electron chi connectivity index (χ2n) is 4.14. The second-order valence-corrected chi connectivity index (χ2v) is 4.14. The first-order valence-electron chi connectivity index (χ1n) is 5.62. The number of hydrogen-bond donors (Lipinski definition) is 0. The van der Waals surface area contributed by atoms with Crippen LogP contribution in [-0.4, -0.2) is 16.5 Å². The quantitative estimate of drug-likeness (QED) is 0.750. The van der Waals surface area contributed by atoms with E-state index in [-0.39, 0.29) is 0 Å². The normalized spacial score (nSPS) is 14.5. The zero-order chi connectivity index (χ0) is 11.7. The summed E-state index contributed by atoms with van der Waals surface area (Å²) in [4.78, 5) is 10.1. The van der Waals surface area contributed by atoms with Gasteiger partial charge < -0.3 is 4.90 Å². The molecule has 0 spiro atoms. The molecule has 0 aliphatic carbocycles. The second kappa shape index (κ2) is 4.13. The zero-order valence-corrected chi connectivity index (χ0v) is 9.31. The van der Waals surface area contributed by atoms with Crippen LogP contribution in [0.2, 0.25) is 0 Å². The van der Waals surface area contributed by atoms with E-state index in [4.69, 9.17) is 0 Å². The Hall–Kier alpha value is -1.97. The number of nitrogens with zero attached hydrogens (tertiary/aromatic N) is 3. The molecule has 0 unspecified atom stereocenters. The fraction of sp³-hybridized carbons (Fsp3) is 0.231. The van der Waals surface area contributed by atoms with Crippen LogP contribution in [0.25, 0.3) is 0 Å². The number of anilines is 1. The molecule has 3 rings (SSSR count). The Labute approximate surface area is 98.9 Å². The van der Waals surface area contributed by atoms with E-state index in [0.29, 0.717) is 5.95 Å². The van der Waals surface area contributed by atoms with Crippen LogP contribution in [0.4, 0.5) is 10.3 Å². The number of hydrogen-bond acceptors (Lipinski definition) is 3. The molecule has 0 fully saturated rings. The topological polar surface area (TPSA) is 29.0 Å². The third-order valence-corrected chi connectivity index (χ3v) is 3.02. The largest absolute Gasteiger partial charge is 0.336 e. The van der Waals surface area contributed by atoms with Crippen molar-refractivity contribution in [2.75, 3.05) is 11.4 Å². The molecular formula is C13H12FN3. The third-order valence-electron chi connectivity index (χ3n) is 3.02. The lowest BCUT2D eigenvalue weighted by Gasteiger charge is -2.28. The molecule has 1 aliphatic rings. The summed E-state index contributed by atoms with van der Waals surface area (Å²) < 4.78 is 12.7. The highest BCUT2D eigenvalue weighted by Crippen LogP contribution is 2.21. The maximum absolute atomic E-state index is 12.7. The molecule has 0 amide bonds. The lowest BCUT2D eigenvalue weighted by Crippen LogP contribution is -2.31. The van der Waals surface area contributed by atoms with Crippen molar-refractivity contribution in [1.29, 1.82) is 0 Å². The average molecular weight is 229 g/mol. The lowest BCUT2D eigenvalue weighted by atomic mass is 10.0. The van der Waals surface area contributed by atoms with E-state index >= 15 is 0 Å². The van der Waals surface area contributed by atoms with Crippen molar-refractivity contribution in [3.05, 3.63) is 53.6 Å². The molecule has 1 aliphatic heterocycles. The molecule has 0 atom stereocenters. The van der Waals surface area contributed by atoms with Gasteiger partial charge in [0.25, 0.3) is 0 Å². The van der Waals surface area contributed by atoms with Gasteiger partial charge in [0.05, 0.1) is 12.4 Å². The first-order valence-corrected chi connectivity index (χ1v) is 5.62. The lowest BCUT2D eigenvalue weighted by molar-refractivity contribution is 0.608. The molecule has 1 aromatic carbocycles. The predicted octanol–water partition coefficient (Wildman–Crippen LogP) is 2.18. The Bertz CT molecular complexity index is 524. The highest BCUT2D eigenvalue weighted by atomic mass is 19.1. The average Bonchev–Trinajstić information content (AvgIpc) is 2.39. The van der Waals surface area contributed by atoms with Gasteiger partial charge in [-0.1, -0.05) is 24.3 Å². The number of benzene rings is 1. The van der Waals surface area contributed by atoms with E-state index in [9.17, 15) is 4.39 Å². The van der Waals surface area contributed by atoms with Crippen molar-refractivity contribution < 1.29 is 4.39 Å². The summed E-state index contributed by atoms with van der Waals surface area (Å²) in [6.45, 7) is 1.67. The maximum atomic E-state index is 12.7. The summed E-state index contributed by atoms with van der Waals surface area (Å²) >= 11 is 0. The van der Waals surface area contributed by atoms with Crippen LogP contribution in [0.3, 0.4) is 0 Å². The van der Waals surface area contributed by atoms with Gasteiger partial charge in [0.2, 0.25) is 5.95 Å². The number of aromatic nitrogens is 2. The van der Waals surface area contributed by atoms with Gasteiger partial charge in [-0.2, -0.15) is 0 Å². The molecule has 0 radical (unpaired) electrons. The summed E-state index contributed by atoms with van der Waals surface area (Å²) in [7, 11) is 0. The van der Waals surface area contributed by atoms with Gasteiger partial charge in [-0.25, -0.2) is 14.4 Å². The van der Waals surface area contributed by atoms with E-state index in [1.165, 1.54) is 23.5 Å². The van der Waals surface area contributed by atoms with Gasteiger partial charge >= 0.3 is 0 Å². The molecule has 1 aromatic heterocycles. The van der Waals surface area contributed by atoms with Gasteiger partial charge in [0, 0.05) is 13.1 Å². The summed E-state index contributed by atoms with van der Waals surface area (Å²) in [5.41, 5.74) is 2.68. The van der Waals surface area contributed by atoms with Crippen molar-refractivity contribution in [3.63, 3.8) is 0 Å². The van der Waals surface area contributed by atoms with Gasteiger partial charge in [-0.3, -0.25) is 0 Å². The van der Waals surface area contributed by atoms with Gasteiger partial charge in [0.15, 0.2) is 5.82 Å². The minimum atomic E-state index is -0.397. The Balaban J connectivity index is 1.86. The van der Waals surface area contributed by atoms with Crippen LogP contribution >= 0.6 is 0 Å². The van der Waals surface area contributed by atoms with Crippen molar-refractivity contribution in [3.8, 4) is 0 Å². The Kier molecular flexibility index (Phi) is 2.48. The molecular weight excluding hydrogens is 217 g/mol. The summed E-state index contributed by atoms with van der Waals surface area (Å²) in [5.74, 6) is 0.201. The monoisotopic (exact) mass is 229 g/mol. The molecule has 86 valence electrons. The van der Waals surface area contributed by atoms with Crippen LogP contribution in [0.1, 0.15) is 11.1 Å². The zero-order valence-electron chi connectivity index (χ0n) is 9.31. The van der Waals surface area contributed by atoms with Crippen LogP contribution in [0.5, 0.6) is 0 Å². The predicted molar refractivity (Wildman–Crippen MR) is 63.2 cm³/mol. The maximum Gasteiger partial charge on any atom is 0.225 e. The Morgan fingerprint density at radius 1 is 1.06 bits per heavy atom. The number of halogens is 1. The molecule has 0 saturated carbocycles. The van der Waals surface area contributed by atoms with Crippen molar-refractivity contribution >= 4 is 5.95 Å². The summed E-state index contributed by atoms with van der Waals surface area (Å²) in [6.07, 6.45) is 3.41. The fourth-order valence-electron chi connectivity index (χ4n) is 2.14. The van der Waals surface area contributed by atoms with E-state index < -0.39 is 5.82 Å². The highest BCUT2D eigenvalue weighted by Gasteiger charge is 2.17. The van der Waals surface area contributed by atoms with E-state index in [2.05, 4.69) is 33.1 Å². The van der Waals surface area contributed by atoms with Crippen molar-refractivity contribution in [2.24, 2.45) is 0 Å². The van der Waals surface area contributed by atoms with Crippen LogP contribution < -0.4 is 4.90 Å². The minimum Gasteiger partial charge on any atom is -0.336 e. The van der Waals surface area contributed by atoms with Crippen molar-refractivity contribution in [2.45, 2.75) is 13.0 Å².